The lowest BCUT2D eigenvalue weighted by atomic mass is 10.0. The van der Waals surface area contributed by atoms with Crippen LogP contribution in [0.4, 0.5) is 4.39 Å². The van der Waals surface area contributed by atoms with Crippen molar-refractivity contribution in [1.82, 2.24) is 9.55 Å². The standard InChI is InChI=1S/C15H22FN3/c1-4-11(9-17)8-14-18-15-12(16)6-5-7-13(15)19(14)10(2)3/h5-7,10-11H,4,8-9,17H2,1-3H3. The molecule has 0 radical (unpaired) electrons. The van der Waals surface area contributed by atoms with Crippen molar-refractivity contribution >= 4 is 11.0 Å². The van der Waals surface area contributed by atoms with Gasteiger partial charge in [-0.15, -0.1) is 0 Å². The van der Waals surface area contributed by atoms with E-state index in [1.165, 1.54) is 6.07 Å². The molecule has 3 nitrogen and oxygen atoms in total. The highest BCUT2D eigenvalue weighted by atomic mass is 19.1. The Kier molecular flexibility index (Phi) is 4.20. The van der Waals surface area contributed by atoms with E-state index in [-0.39, 0.29) is 11.9 Å². The van der Waals surface area contributed by atoms with Crippen molar-refractivity contribution < 1.29 is 4.39 Å². The number of aromatic nitrogens is 2. The van der Waals surface area contributed by atoms with Crippen molar-refractivity contribution in [2.24, 2.45) is 11.7 Å². The highest BCUT2D eigenvalue weighted by Crippen LogP contribution is 2.25. The quantitative estimate of drug-likeness (QED) is 0.899. The Morgan fingerprint density at radius 2 is 2.11 bits per heavy atom. The number of hydrogen-bond donors (Lipinski definition) is 1. The first-order chi connectivity index (χ1) is 9.08. The van der Waals surface area contributed by atoms with Crippen molar-refractivity contribution in [1.29, 1.82) is 0 Å². The van der Waals surface area contributed by atoms with Gasteiger partial charge in [-0.1, -0.05) is 19.4 Å². The summed E-state index contributed by atoms with van der Waals surface area (Å²) in [5, 5.41) is 0. The number of halogens is 1. The third kappa shape index (κ3) is 2.63. The fraction of sp³-hybridized carbons (Fsp3) is 0.533. The van der Waals surface area contributed by atoms with Gasteiger partial charge in [0.2, 0.25) is 0 Å². The smallest absolute Gasteiger partial charge is 0.151 e. The van der Waals surface area contributed by atoms with E-state index in [1.807, 2.05) is 6.07 Å². The summed E-state index contributed by atoms with van der Waals surface area (Å²) in [5.41, 5.74) is 7.11. The Balaban J connectivity index is 2.53. The van der Waals surface area contributed by atoms with Crippen LogP contribution in [0.1, 0.15) is 39.1 Å². The first-order valence-electron chi connectivity index (χ1n) is 6.93. The van der Waals surface area contributed by atoms with E-state index in [0.29, 0.717) is 18.0 Å². The second-order valence-electron chi connectivity index (χ2n) is 5.31. The fourth-order valence-corrected chi connectivity index (χ4v) is 2.50. The third-order valence-corrected chi connectivity index (χ3v) is 3.64. The van der Waals surface area contributed by atoms with Crippen molar-refractivity contribution in [3.05, 3.63) is 29.8 Å². The van der Waals surface area contributed by atoms with Crippen LogP contribution in [0.15, 0.2) is 18.2 Å². The van der Waals surface area contributed by atoms with E-state index in [4.69, 9.17) is 5.73 Å². The van der Waals surface area contributed by atoms with Crippen molar-refractivity contribution in [3.63, 3.8) is 0 Å². The molecule has 1 aromatic carbocycles. The molecule has 0 fully saturated rings. The monoisotopic (exact) mass is 263 g/mol. The average Bonchev–Trinajstić information content (AvgIpc) is 2.75. The highest BCUT2D eigenvalue weighted by Gasteiger charge is 2.18. The largest absolute Gasteiger partial charge is 0.330 e. The average molecular weight is 263 g/mol. The van der Waals surface area contributed by atoms with Gasteiger partial charge in [0.25, 0.3) is 0 Å². The van der Waals surface area contributed by atoms with Gasteiger partial charge in [-0.25, -0.2) is 9.37 Å². The van der Waals surface area contributed by atoms with E-state index in [1.54, 1.807) is 6.07 Å². The molecule has 0 aliphatic rings. The van der Waals surface area contributed by atoms with Gasteiger partial charge in [-0.2, -0.15) is 0 Å². The summed E-state index contributed by atoms with van der Waals surface area (Å²) in [6.45, 7) is 6.96. The maximum Gasteiger partial charge on any atom is 0.151 e. The van der Waals surface area contributed by atoms with Gasteiger partial charge in [0, 0.05) is 12.5 Å². The van der Waals surface area contributed by atoms with Crippen LogP contribution >= 0.6 is 0 Å². The second-order valence-corrected chi connectivity index (χ2v) is 5.31. The van der Waals surface area contributed by atoms with Gasteiger partial charge < -0.3 is 10.3 Å². The summed E-state index contributed by atoms with van der Waals surface area (Å²) >= 11 is 0. The number of imidazole rings is 1. The minimum absolute atomic E-state index is 0.251. The van der Waals surface area contributed by atoms with Crippen molar-refractivity contribution in [2.75, 3.05) is 6.54 Å². The van der Waals surface area contributed by atoms with Gasteiger partial charge >= 0.3 is 0 Å². The predicted octanol–water partition coefficient (Wildman–Crippen LogP) is 3.28. The van der Waals surface area contributed by atoms with Crippen LogP contribution in [-0.4, -0.2) is 16.1 Å². The molecule has 0 aliphatic carbocycles. The van der Waals surface area contributed by atoms with E-state index >= 15 is 0 Å². The van der Waals surface area contributed by atoms with Gasteiger partial charge in [-0.05, 0) is 38.4 Å². The zero-order valence-corrected chi connectivity index (χ0v) is 11.9. The van der Waals surface area contributed by atoms with E-state index in [0.717, 1.165) is 24.2 Å². The highest BCUT2D eigenvalue weighted by molar-refractivity contribution is 5.76. The van der Waals surface area contributed by atoms with Gasteiger partial charge in [0.1, 0.15) is 11.3 Å². The molecular weight excluding hydrogens is 241 g/mol. The zero-order chi connectivity index (χ0) is 14.0. The topological polar surface area (TPSA) is 43.8 Å². The first kappa shape index (κ1) is 14.0. The molecule has 1 atom stereocenters. The van der Waals surface area contributed by atoms with Gasteiger partial charge in [0.15, 0.2) is 5.82 Å². The molecule has 0 spiro atoms. The zero-order valence-electron chi connectivity index (χ0n) is 11.9. The van der Waals surface area contributed by atoms with Gasteiger partial charge in [-0.3, -0.25) is 0 Å². The SMILES string of the molecule is CCC(CN)Cc1nc2c(F)cccc2n1C(C)C. The maximum absolute atomic E-state index is 13.8. The molecule has 1 aromatic heterocycles. The first-order valence-corrected chi connectivity index (χ1v) is 6.93. The molecule has 0 saturated heterocycles. The lowest BCUT2D eigenvalue weighted by Gasteiger charge is -2.16. The number of nitrogens with two attached hydrogens (primary N) is 1. The summed E-state index contributed by atoms with van der Waals surface area (Å²) in [7, 11) is 0. The summed E-state index contributed by atoms with van der Waals surface area (Å²) in [6.07, 6.45) is 1.82. The molecule has 1 heterocycles. The van der Waals surface area contributed by atoms with Crippen LogP contribution in [0, 0.1) is 11.7 Å². The Labute approximate surface area is 113 Å². The minimum atomic E-state index is -0.251. The number of para-hydroxylation sites is 1. The molecular formula is C15H22FN3. The minimum Gasteiger partial charge on any atom is -0.330 e. The summed E-state index contributed by atoms with van der Waals surface area (Å²) in [6, 6.07) is 5.39. The second kappa shape index (κ2) is 5.70. The molecule has 19 heavy (non-hydrogen) atoms. The summed E-state index contributed by atoms with van der Waals surface area (Å²) in [5.74, 6) is 1.09. The van der Waals surface area contributed by atoms with Crippen LogP contribution < -0.4 is 5.73 Å². The van der Waals surface area contributed by atoms with Gasteiger partial charge in [0.05, 0.1) is 5.52 Å². The molecule has 104 valence electrons. The lowest BCUT2D eigenvalue weighted by molar-refractivity contribution is 0.478. The van der Waals surface area contributed by atoms with E-state index in [9.17, 15) is 4.39 Å². The summed E-state index contributed by atoms with van der Waals surface area (Å²) in [4.78, 5) is 4.50. The van der Waals surface area contributed by atoms with Crippen molar-refractivity contribution in [3.8, 4) is 0 Å². The molecule has 2 aromatic rings. The van der Waals surface area contributed by atoms with Crippen molar-refractivity contribution in [2.45, 2.75) is 39.7 Å². The molecule has 2 N–H and O–H groups in total. The Morgan fingerprint density at radius 1 is 1.37 bits per heavy atom. The van der Waals surface area contributed by atoms with Crippen LogP contribution in [-0.2, 0) is 6.42 Å². The number of benzene rings is 1. The fourth-order valence-electron chi connectivity index (χ4n) is 2.50. The predicted molar refractivity (Wildman–Crippen MR) is 76.6 cm³/mol. The Bertz CT molecular complexity index is 556. The number of nitrogens with zero attached hydrogens (tertiary/aromatic N) is 2. The Morgan fingerprint density at radius 3 is 2.68 bits per heavy atom. The molecule has 0 saturated carbocycles. The molecule has 1 unspecified atom stereocenters. The normalized spacial score (nSPS) is 13.4. The number of rotatable bonds is 5. The molecule has 2 rings (SSSR count). The maximum atomic E-state index is 13.8. The molecule has 4 heteroatoms. The lowest BCUT2D eigenvalue weighted by Crippen LogP contribution is -2.19. The Hall–Kier alpha value is -1.42. The third-order valence-electron chi connectivity index (χ3n) is 3.64. The molecule has 0 aliphatic heterocycles. The number of hydrogen-bond acceptors (Lipinski definition) is 2. The van der Waals surface area contributed by atoms with Crippen LogP contribution in [0.3, 0.4) is 0 Å². The van der Waals surface area contributed by atoms with E-state index < -0.39 is 0 Å². The molecule has 0 amide bonds. The van der Waals surface area contributed by atoms with Crippen LogP contribution in [0.25, 0.3) is 11.0 Å². The molecule has 0 bridgehead atoms. The van der Waals surface area contributed by atoms with E-state index in [2.05, 4.69) is 30.3 Å². The van der Waals surface area contributed by atoms with Crippen LogP contribution in [0.5, 0.6) is 0 Å². The number of fused-ring (bicyclic) bond motifs is 1. The summed E-state index contributed by atoms with van der Waals surface area (Å²) < 4.78 is 16.0. The van der Waals surface area contributed by atoms with Crippen LogP contribution in [0.2, 0.25) is 0 Å².